The van der Waals surface area contributed by atoms with Gasteiger partial charge in [0.15, 0.2) is 0 Å². The SMILES string of the molecule is Cc1ccc(C[C@H](CC(=O)O)C(=O)Nc2cccc([N+](=O)[O-])c2)cc1. The van der Waals surface area contributed by atoms with Crippen LogP contribution in [0, 0.1) is 23.0 Å². The molecule has 0 saturated carbocycles. The van der Waals surface area contributed by atoms with Crippen molar-refractivity contribution < 1.29 is 19.6 Å². The van der Waals surface area contributed by atoms with Crippen LogP contribution in [0.1, 0.15) is 17.5 Å². The quantitative estimate of drug-likeness (QED) is 0.593. The predicted octanol–water partition coefficient (Wildman–Crippen LogP) is 3.18. The standard InChI is InChI=1S/C18H18N2O5/c1-12-5-7-13(8-6-12)9-14(10-17(21)22)18(23)19-15-3-2-4-16(11-15)20(24)25/h2-8,11,14H,9-10H2,1H3,(H,19,23)(H,21,22)/t14-/m1/s1. The molecule has 0 saturated heterocycles. The van der Waals surface area contributed by atoms with Crippen molar-refractivity contribution in [2.45, 2.75) is 19.8 Å². The summed E-state index contributed by atoms with van der Waals surface area (Å²) < 4.78 is 0. The number of aliphatic carboxylic acids is 1. The first-order chi connectivity index (χ1) is 11.8. The molecular weight excluding hydrogens is 324 g/mol. The fraction of sp³-hybridized carbons (Fsp3) is 0.222. The number of rotatable bonds is 7. The van der Waals surface area contributed by atoms with Gasteiger partial charge in [0, 0.05) is 17.8 Å². The number of hydrogen-bond donors (Lipinski definition) is 2. The van der Waals surface area contributed by atoms with E-state index in [-0.39, 0.29) is 24.2 Å². The number of carboxylic acid groups (broad SMARTS) is 1. The molecule has 0 aliphatic heterocycles. The Bertz CT molecular complexity index is 786. The lowest BCUT2D eigenvalue weighted by Gasteiger charge is -2.15. The summed E-state index contributed by atoms with van der Waals surface area (Å²) in [4.78, 5) is 33.8. The molecule has 0 fully saturated rings. The van der Waals surface area contributed by atoms with Crippen LogP contribution in [0.5, 0.6) is 0 Å². The van der Waals surface area contributed by atoms with Crippen molar-refractivity contribution in [1.82, 2.24) is 0 Å². The van der Waals surface area contributed by atoms with Crippen LogP contribution in [0.15, 0.2) is 48.5 Å². The lowest BCUT2D eigenvalue weighted by atomic mass is 9.94. The minimum absolute atomic E-state index is 0.147. The summed E-state index contributed by atoms with van der Waals surface area (Å²) in [5.41, 5.74) is 2.04. The van der Waals surface area contributed by atoms with Gasteiger partial charge in [-0.05, 0) is 25.0 Å². The van der Waals surface area contributed by atoms with Crippen LogP contribution in [0.3, 0.4) is 0 Å². The molecular formula is C18H18N2O5. The molecule has 2 aromatic carbocycles. The van der Waals surface area contributed by atoms with Crippen molar-refractivity contribution in [3.8, 4) is 0 Å². The highest BCUT2D eigenvalue weighted by Gasteiger charge is 2.23. The van der Waals surface area contributed by atoms with Crippen LogP contribution in [0.4, 0.5) is 11.4 Å². The van der Waals surface area contributed by atoms with E-state index in [2.05, 4.69) is 5.32 Å². The Labute approximate surface area is 144 Å². The summed E-state index contributed by atoms with van der Waals surface area (Å²) in [6.07, 6.45) is -0.0536. The summed E-state index contributed by atoms with van der Waals surface area (Å²) in [6.45, 7) is 1.94. The van der Waals surface area contributed by atoms with Crippen LogP contribution >= 0.6 is 0 Å². The van der Waals surface area contributed by atoms with Crippen molar-refractivity contribution in [2.24, 2.45) is 5.92 Å². The highest BCUT2D eigenvalue weighted by atomic mass is 16.6. The molecule has 0 aliphatic rings. The number of amides is 1. The lowest BCUT2D eigenvalue weighted by molar-refractivity contribution is -0.384. The number of non-ortho nitro benzene ring substituents is 1. The Morgan fingerprint density at radius 3 is 2.48 bits per heavy atom. The topological polar surface area (TPSA) is 110 Å². The number of aryl methyl sites for hydroxylation is 1. The van der Waals surface area contributed by atoms with Gasteiger partial charge in [-0.1, -0.05) is 35.9 Å². The van der Waals surface area contributed by atoms with Crippen LogP contribution in [0.2, 0.25) is 0 Å². The Balaban J connectivity index is 2.14. The fourth-order valence-corrected chi connectivity index (χ4v) is 2.42. The normalized spacial score (nSPS) is 11.6. The van der Waals surface area contributed by atoms with E-state index in [9.17, 15) is 19.7 Å². The first kappa shape index (κ1) is 18.1. The number of carbonyl (C=O) groups is 2. The summed E-state index contributed by atoms with van der Waals surface area (Å²) >= 11 is 0. The van der Waals surface area contributed by atoms with Crippen molar-refractivity contribution >= 4 is 23.3 Å². The highest BCUT2D eigenvalue weighted by Crippen LogP contribution is 2.20. The lowest BCUT2D eigenvalue weighted by Crippen LogP contribution is -2.27. The number of nitro groups is 1. The number of hydrogen-bond acceptors (Lipinski definition) is 4. The van der Waals surface area contributed by atoms with E-state index >= 15 is 0 Å². The number of benzene rings is 2. The van der Waals surface area contributed by atoms with E-state index in [0.717, 1.165) is 11.1 Å². The van der Waals surface area contributed by atoms with Crippen LogP contribution in [-0.2, 0) is 16.0 Å². The largest absolute Gasteiger partial charge is 0.481 e. The van der Waals surface area contributed by atoms with Gasteiger partial charge in [0.25, 0.3) is 5.69 Å². The average molecular weight is 342 g/mol. The predicted molar refractivity (Wildman–Crippen MR) is 92.4 cm³/mol. The molecule has 1 atom stereocenters. The Morgan fingerprint density at radius 2 is 1.88 bits per heavy atom. The number of carbonyl (C=O) groups excluding carboxylic acids is 1. The molecule has 0 aliphatic carbocycles. The molecule has 0 heterocycles. The monoisotopic (exact) mass is 342 g/mol. The maximum Gasteiger partial charge on any atom is 0.304 e. The summed E-state index contributed by atoms with van der Waals surface area (Å²) in [6, 6.07) is 13.0. The van der Waals surface area contributed by atoms with Crippen molar-refractivity contribution in [1.29, 1.82) is 0 Å². The Morgan fingerprint density at radius 1 is 1.20 bits per heavy atom. The molecule has 7 nitrogen and oxygen atoms in total. The van der Waals surface area contributed by atoms with Gasteiger partial charge in [0.1, 0.15) is 0 Å². The molecule has 0 bridgehead atoms. The zero-order valence-corrected chi connectivity index (χ0v) is 13.6. The first-order valence-electron chi connectivity index (χ1n) is 7.68. The van der Waals surface area contributed by atoms with Gasteiger partial charge in [0.05, 0.1) is 17.3 Å². The molecule has 2 rings (SSSR count). The molecule has 1 amide bonds. The van der Waals surface area contributed by atoms with E-state index in [1.165, 1.54) is 24.3 Å². The second kappa shape index (κ2) is 8.05. The van der Waals surface area contributed by atoms with Gasteiger partial charge < -0.3 is 10.4 Å². The van der Waals surface area contributed by atoms with Gasteiger partial charge in [-0.25, -0.2) is 0 Å². The van der Waals surface area contributed by atoms with E-state index in [1.807, 2.05) is 31.2 Å². The molecule has 25 heavy (non-hydrogen) atoms. The van der Waals surface area contributed by atoms with Crippen molar-refractivity contribution in [3.05, 3.63) is 69.8 Å². The van der Waals surface area contributed by atoms with Crippen LogP contribution < -0.4 is 5.32 Å². The molecule has 7 heteroatoms. The van der Waals surface area contributed by atoms with E-state index in [0.29, 0.717) is 0 Å². The third kappa shape index (κ3) is 5.42. The van der Waals surface area contributed by atoms with Gasteiger partial charge in [-0.15, -0.1) is 0 Å². The summed E-state index contributed by atoms with van der Waals surface area (Å²) in [7, 11) is 0. The minimum atomic E-state index is -1.08. The second-order valence-electron chi connectivity index (χ2n) is 5.78. The summed E-state index contributed by atoms with van der Waals surface area (Å²) in [5, 5.41) is 22.4. The van der Waals surface area contributed by atoms with Crippen LogP contribution in [0.25, 0.3) is 0 Å². The zero-order valence-electron chi connectivity index (χ0n) is 13.6. The third-order valence-corrected chi connectivity index (χ3v) is 3.72. The number of anilines is 1. The van der Waals surface area contributed by atoms with E-state index in [4.69, 9.17) is 5.11 Å². The van der Waals surface area contributed by atoms with Crippen LogP contribution in [-0.4, -0.2) is 21.9 Å². The number of nitrogens with zero attached hydrogens (tertiary/aromatic N) is 1. The Kier molecular flexibility index (Phi) is 5.84. The minimum Gasteiger partial charge on any atom is -0.481 e. The van der Waals surface area contributed by atoms with Crippen molar-refractivity contribution in [2.75, 3.05) is 5.32 Å². The highest BCUT2D eigenvalue weighted by molar-refractivity contribution is 5.94. The van der Waals surface area contributed by atoms with Gasteiger partial charge >= 0.3 is 5.97 Å². The maximum atomic E-state index is 12.5. The zero-order chi connectivity index (χ0) is 18.4. The molecule has 2 N–H and O–H groups in total. The van der Waals surface area contributed by atoms with Gasteiger partial charge in [0.2, 0.25) is 5.91 Å². The van der Waals surface area contributed by atoms with Gasteiger partial charge in [-0.3, -0.25) is 19.7 Å². The average Bonchev–Trinajstić information content (AvgIpc) is 2.56. The maximum absolute atomic E-state index is 12.5. The van der Waals surface area contributed by atoms with E-state index in [1.54, 1.807) is 0 Å². The van der Waals surface area contributed by atoms with Gasteiger partial charge in [-0.2, -0.15) is 0 Å². The molecule has 2 aromatic rings. The molecule has 0 spiro atoms. The number of nitrogens with one attached hydrogen (secondary N) is 1. The molecule has 0 radical (unpaired) electrons. The number of carboxylic acids is 1. The third-order valence-electron chi connectivity index (χ3n) is 3.72. The fourth-order valence-electron chi connectivity index (χ4n) is 2.42. The molecule has 130 valence electrons. The molecule has 0 aromatic heterocycles. The molecule has 0 unspecified atom stereocenters. The second-order valence-corrected chi connectivity index (χ2v) is 5.78. The van der Waals surface area contributed by atoms with E-state index < -0.39 is 22.7 Å². The van der Waals surface area contributed by atoms with Crippen molar-refractivity contribution in [3.63, 3.8) is 0 Å². The summed E-state index contributed by atoms with van der Waals surface area (Å²) in [5.74, 6) is -2.34. The Hall–Kier alpha value is -3.22. The number of nitro benzene ring substituents is 1. The smallest absolute Gasteiger partial charge is 0.304 e. The first-order valence-corrected chi connectivity index (χ1v) is 7.68.